The monoisotopic (exact) mass is 473 g/mol. The van der Waals surface area contributed by atoms with Gasteiger partial charge < -0.3 is 19.5 Å². The second-order valence-electron chi connectivity index (χ2n) is 9.01. The zero-order valence-electron chi connectivity index (χ0n) is 20.6. The van der Waals surface area contributed by atoms with Crippen LogP contribution in [-0.2, 0) is 33.7 Å². The van der Waals surface area contributed by atoms with Crippen LogP contribution in [-0.4, -0.2) is 42.2 Å². The molecule has 0 fully saturated rings. The Hall–Kier alpha value is -3.64. The highest BCUT2D eigenvalue weighted by atomic mass is 16.5. The summed E-state index contributed by atoms with van der Waals surface area (Å²) in [6, 6.07) is 19.2. The minimum atomic E-state index is -0.664. The third-order valence-electron chi connectivity index (χ3n) is 6.64. The molecule has 1 amide bonds. The highest BCUT2D eigenvalue weighted by Crippen LogP contribution is 2.39. The predicted molar refractivity (Wildman–Crippen MR) is 134 cm³/mol. The van der Waals surface area contributed by atoms with Crippen LogP contribution < -0.4 is 4.74 Å². The number of carbonyl (C=O) groups is 2. The Balaban J connectivity index is 1.77. The molecule has 6 nitrogen and oxygen atoms in total. The van der Waals surface area contributed by atoms with Gasteiger partial charge >= 0.3 is 5.97 Å². The topological polar surface area (TPSA) is 76.1 Å². The van der Waals surface area contributed by atoms with E-state index in [1.807, 2.05) is 61.5 Å². The highest BCUT2D eigenvalue weighted by molar-refractivity contribution is 5.79. The molecule has 6 heteroatoms. The summed E-state index contributed by atoms with van der Waals surface area (Å²) >= 11 is 0. The quantitative estimate of drug-likeness (QED) is 0.515. The van der Waals surface area contributed by atoms with E-state index in [0.717, 1.165) is 38.9 Å². The number of aliphatic hydroxyl groups is 1. The molecule has 3 aromatic carbocycles. The van der Waals surface area contributed by atoms with Crippen molar-refractivity contribution in [2.24, 2.45) is 0 Å². The zero-order chi connectivity index (χ0) is 25.1. The molecule has 1 N–H and O–H groups in total. The summed E-state index contributed by atoms with van der Waals surface area (Å²) in [4.78, 5) is 26.5. The number of benzene rings is 3. The van der Waals surface area contributed by atoms with Crippen molar-refractivity contribution in [3.05, 3.63) is 88.5 Å². The normalized spacial score (nSPS) is 16.5. The summed E-state index contributed by atoms with van der Waals surface area (Å²) < 4.78 is 10.5. The van der Waals surface area contributed by atoms with Gasteiger partial charge in [-0.15, -0.1) is 0 Å². The number of amides is 1. The van der Waals surface area contributed by atoms with Crippen LogP contribution >= 0.6 is 0 Å². The average molecular weight is 474 g/mol. The van der Waals surface area contributed by atoms with Crippen molar-refractivity contribution in [1.82, 2.24) is 4.90 Å². The van der Waals surface area contributed by atoms with Crippen molar-refractivity contribution < 1.29 is 24.2 Å². The number of hydrogen-bond donors (Lipinski definition) is 1. The van der Waals surface area contributed by atoms with Gasteiger partial charge in [0.1, 0.15) is 5.75 Å². The molecule has 0 saturated carbocycles. The molecule has 0 aliphatic heterocycles. The maximum atomic E-state index is 12.9. The van der Waals surface area contributed by atoms with E-state index in [2.05, 4.69) is 6.07 Å². The summed E-state index contributed by atoms with van der Waals surface area (Å²) in [6.07, 6.45) is 0.0102. The number of carbonyl (C=O) groups excluding carboxylic acids is 2. The molecule has 2 atom stereocenters. The number of nitrogens with zero attached hydrogens (tertiary/aromatic N) is 1. The third kappa shape index (κ3) is 5.08. The van der Waals surface area contributed by atoms with Gasteiger partial charge in [-0.2, -0.15) is 0 Å². The Morgan fingerprint density at radius 2 is 1.80 bits per heavy atom. The summed E-state index contributed by atoms with van der Waals surface area (Å²) in [5, 5.41) is 10.9. The standard InChI is InChI=1S/C29H31NO5/c1-18-9-11-23(25-14-20(15-28(33)35-4)10-12-27(25)34-3)22(13-18)17-30(19(2)31)29-24-8-6-5-7-21(24)16-26(29)32/h5-14,26,29,32H,15-17H2,1-4H3/t26-,29+/m0/s1. The van der Waals surface area contributed by atoms with Crippen LogP contribution in [0.5, 0.6) is 5.75 Å². The molecule has 4 rings (SSSR count). The summed E-state index contributed by atoms with van der Waals surface area (Å²) in [7, 11) is 2.98. The Kier molecular flexibility index (Phi) is 7.22. The van der Waals surface area contributed by atoms with Crippen molar-refractivity contribution in [3.8, 4) is 16.9 Å². The van der Waals surface area contributed by atoms with Crippen LogP contribution in [0.2, 0.25) is 0 Å². The van der Waals surface area contributed by atoms with Gasteiger partial charge in [0.2, 0.25) is 5.91 Å². The van der Waals surface area contributed by atoms with Crippen molar-refractivity contribution in [2.45, 2.75) is 45.4 Å². The average Bonchev–Trinajstić information content (AvgIpc) is 3.17. The van der Waals surface area contributed by atoms with Crippen molar-refractivity contribution in [3.63, 3.8) is 0 Å². The van der Waals surface area contributed by atoms with Gasteiger partial charge in [-0.05, 0) is 46.9 Å². The van der Waals surface area contributed by atoms with Crippen LogP contribution in [0, 0.1) is 6.92 Å². The van der Waals surface area contributed by atoms with E-state index < -0.39 is 12.1 Å². The van der Waals surface area contributed by atoms with Gasteiger partial charge in [-0.25, -0.2) is 0 Å². The molecule has 0 radical (unpaired) electrons. The Labute approximate surface area is 206 Å². The molecule has 0 heterocycles. The number of hydrogen-bond acceptors (Lipinski definition) is 5. The number of ether oxygens (including phenoxy) is 2. The van der Waals surface area contributed by atoms with Crippen molar-refractivity contribution in [1.29, 1.82) is 0 Å². The van der Waals surface area contributed by atoms with Crippen LogP contribution in [0.25, 0.3) is 11.1 Å². The second kappa shape index (κ2) is 10.3. The maximum absolute atomic E-state index is 12.9. The molecule has 0 unspecified atom stereocenters. The van der Waals surface area contributed by atoms with E-state index in [1.165, 1.54) is 7.11 Å². The van der Waals surface area contributed by atoms with Gasteiger partial charge in [0, 0.05) is 25.5 Å². The first-order chi connectivity index (χ1) is 16.8. The lowest BCUT2D eigenvalue weighted by Crippen LogP contribution is -2.37. The van der Waals surface area contributed by atoms with Gasteiger partial charge in [0.05, 0.1) is 32.8 Å². The lowest BCUT2D eigenvalue weighted by Gasteiger charge is -2.32. The lowest BCUT2D eigenvalue weighted by molar-refractivity contribution is -0.139. The molecule has 182 valence electrons. The third-order valence-corrected chi connectivity index (χ3v) is 6.64. The van der Waals surface area contributed by atoms with Crippen LogP contribution in [0.3, 0.4) is 0 Å². The maximum Gasteiger partial charge on any atom is 0.309 e. The van der Waals surface area contributed by atoms with E-state index >= 15 is 0 Å². The Morgan fingerprint density at radius 1 is 1.03 bits per heavy atom. The summed E-state index contributed by atoms with van der Waals surface area (Å²) in [5.41, 5.74) is 6.60. The Morgan fingerprint density at radius 3 is 2.51 bits per heavy atom. The van der Waals surface area contributed by atoms with Gasteiger partial charge in [-0.3, -0.25) is 9.59 Å². The second-order valence-corrected chi connectivity index (χ2v) is 9.01. The highest BCUT2D eigenvalue weighted by Gasteiger charge is 2.37. The van der Waals surface area contributed by atoms with E-state index in [9.17, 15) is 14.7 Å². The first-order valence-electron chi connectivity index (χ1n) is 11.7. The van der Waals surface area contributed by atoms with Gasteiger partial charge in [-0.1, -0.05) is 54.1 Å². The SMILES string of the molecule is COC(=O)Cc1ccc(OC)c(-c2ccc(C)cc2CN(C(C)=O)[C@@H]2c3ccccc3C[C@@H]2O)c1. The minimum Gasteiger partial charge on any atom is -0.496 e. The fourth-order valence-corrected chi connectivity index (χ4v) is 4.95. The number of rotatable bonds is 7. The number of aryl methyl sites for hydroxylation is 1. The zero-order valence-corrected chi connectivity index (χ0v) is 20.6. The first-order valence-corrected chi connectivity index (χ1v) is 11.7. The molecular formula is C29H31NO5. The largest absolute Gasteiger partial charge is 0.496 e. The molecule has 0 aromatic heterocycles. The number of aliphatic hydroxyl groups excluding tert-OH is 1. The fraction of sp³-hybridized carbons (Fsp3) is 0.310. The molecule has 0 spiro atoms. The molecule has 0 bridgehead atoms. The molecule has 3 aromatic rings. The summed E-state index contributed by atoms with van der Waals surface area (Å²) in [5.74, 6) is 0.246. The van der Waals surface area contributed by atoms with Crippen molar-refractivity contribution >= 4 is 11.9 Å². The van der Waals surface area contributed by atoms with E-state index in [0.29, 0.717) is 18.7 Å². The Bertz CT molecular complexity index is 1250. The summed E-state index contributed by atoms with van der Waals surface area (Å²) in [6.45, 7) is 3.88. The van der Waals surface area contributed by atoms with Gasteiger partial charge in [0.25, 0.3) is 0 Å². The fourth-order valence-electron chi connectivity index (χ4n) is 4.95. The van der Waals surface area contributed by atoms with E-state index in [-0.39, 0.29) is 18.3 Å². The van der Waals surface area contributed by atoms with Crippen LogP contribution in [0.4, 0.5) is 0 Å². The number of methoxy groups -OCH3 is 2. The number of esters is 1. The predicted octanol–water partition coefficient (Wildman–Crippen LogP) is 4.39. The van der Waals surface area contributed by atoms with Gasteiger partial charge in [0.15, 0.2) is 0 Å². The van der Waals surface area contributed by atoms with Crippen molar-refractivity contribution in [2.75, 3.05) is 14.2 Å². The van der Waals surface area contributed by atoms with E-state index in [1.54, 1.807) is 18.9 Å². The molecular weight excluding hydrogens is 442 g/mol. The molecule has 0 saturated heterocycles. The first kappa shape index (κ1) is 24.5. The lowest BCUT2D eigenvalue weighted by atomic mass is 9.94. The van der Waals surface area contributed by atoms with Crippen LogP contribution in [0.15, 0.2) is 60.7 Å². The van der Waals surface area contributed by atoms with E-state index in [4.69, 9.17) is 9.47 Å². The minimum absolute atomic E-state index is 0.107. The smallest absolute Gasteiger partial charge is 0.309 e. The van der Waals surface area contributed by atoms with Crippen LogP contribution in [0.1, 0.15) is 40.8 Å². The molecule has 1 aliphatic rings. The molecule has 35 heavy (non-hydrogen) atoms. The number of fused-ring (bicyclic) bond motifs is 1. The molecule has 1 aliphatic carbocycles.